The van der Waals surface area contributed by atoms with Gasteiger partial charge in [0, 0.05) is 17.6 Å². The van der Waals surface area contributed by atoms with E-state index in [1.165, 1.54) is 0 Å². The van der Waals surface area contributed by atoms with Crippen LogP contribution in [0.15, 0.2) is 28.7 Å². The van der Waals surface area contributed by atoms with Crippen molar-refractivity contribution in [3.05, 3.63) is 34.3 Å². The number of carboxylic acid groups (broad SMARTS) is 1. The van der Waals surface area contributed by atoms with Crippen molar-refractivity contribution >= 4 is 21.9 Å². The maximum Gasteiger partial charge on any atom is 0.306 e. The molecule has 0 amide bonds. The second-order valence-electron chi connectivity index (χ2n) is 5.53. The normalized spacial score (nSPS) is 26.4. The molecule has 0 saturated heterocycles. The van der Waals surface area contributed by atoms with E-state index in [9.17, 15) is 9.90 Å². The van der Waals surface area contributed by atoms with Gasteiger partial charge in [0.25, 0.3) is 0 Å². The first-order chi connectivity index (χ1) is 9.50. The number of aliphatic hydroxyl groups is 1. The number of aliphatic carboxylic acids is 1. The summed E-state index contributed by atoms with van der Waals surface area (Å²) >= 11 is 3.49. The zero-order valence-corrected chi connectivity index (χ0v) is 12.9. The van der Waals surface area contributed by atoms with E-state index in [4.69, 9.17) is 5.11 Å². The highest BCUT2D eigenvalue weighted by atomic mass is 79.9. The molecule has 1 aliphatic carbocycles. The Labute approximate surface area is 127 Å². The number of rotatable bonds is 5. The minimum absolute atomic E-state index is 0.293. The van der Waals surface area contributed by atoms with Crippen LogP contribution in [-0.2, 0) is 11.3 Å². The van der Waals surface area contributed by atoms with Crippen LogP contribution in [0.2, 0.25) is 0 Å². The number of carboxylic acids is 1. The maximum absolute atomic E-state index is 10.9. The zero-order valence-electron chi connectivity index (χ0n) is 11.3. The Morgan fingerprint density at radius 2 is 2.00 bits per heavy atom. The topological polar surface area (TPSA) is 69.6 Å². The predicted octanol–water partition coefficient (Wildman–Crippen LogP) is 2.54. The Balaban J connectivity index is 1.80. The van der Waals surface area contributed by atoms with Gasteiger partial charge in [0.05, 0.1) is 11.5 Å². The van der Waals surface area contributed by atoms with E-state index in [2.05, 4.69) is 21.2 Å². The van der Waals surface area contributed by atoms with Gasteiger partial charge >= 0.3 is 5.97 Å². The van der Waals surface area contributed by atoms with Gasteiger partial charge in [0.15, 0.2) is 0 Å². The molecule has 0 atom stereocenters. The first kappa shape index (κ1) is 15.5. The summed E-state index contributed by atoms with van der Waals surface area (Å²) in [6.07, 6.45) is 2.21. The highest BCUT2D eigenvalue weighted by molar-refractivity contribution is 9.10. The van der Waals surface area contributed by atoms with E-state index in [0.29, 0.717) is 38.8 Å². The summed E-state index contributed by atoms with van der Waals surface area (Å²) in [5, 5.41) is 22.7. The van der Waals surface area contributed by atoms with Crippen LogP contribution in [0, 0.1) is 5.92 Å². The van der Waals surface area contributed by atoms with Gasteiger partial charge in [-0.2, -0.15) is 0 Å². The molecule has 0 heterocycles. The molecule has 0 bridgehead atoms. The molecule has 20 heavy (non-hydrogen) atoms. The number of halogens is 1. The van der Waals surface area contributed by atoms with Crippen molar-refractivity contribution in [3.63, 3.8) is 0 Å². The smallest absolute Gasteiger partial charge is 0.306 e. The third-order valence-electron chi connectivity index (χ3n) is 3.99. The molecular formula is C15H20BrNO3. The average Bonchev–Trinajstić information content (AvgIpc) is 2.41. The van der Waals surface area contributed by atoms with Crippen LogP contribution >= 0.6 is 15.9 Å². The fourth-order valence-corrected chi connectivity index (χ4v) is 3.08. The van der Waals surface area contributed by atoms with Crippen LogP contribution in [-0.4, -0.2) is 28.3 Å². The third kappa shape index (κ3) is 4.04. The van der Waals surface area contributed by atoms with Crippen molar-refractivity contribution in [2.24, 2.45) is 5.92 Å². The van der Waals surface area contributed by atoms with Gasteiger partial charge in [-0.25, -0.2) is 0 Å². The van der Waals surface area contributed by atoms with Crippen LogP contribution in [0.4, 0.5) is 0 Å². The van der Waals surface area contributed by atoms with Gasteiger partial charge in [-0.15, -0.1) is 0 Å². The Bertz CT molecular complexity index is 470. The standard InChI is InChI=1S/C15H20BrNO3/c16-13-4-2-1-3-12(13)9-17-10-15(20)7-5-11(6-8-15)14(18)19/h1-4,11,17,20H,5-10H2,(H,18,19). The van der Waals surface area contributed by atoms with Crippen molar-refractivity contribution in [3.8, 4) is 0 Å². The van der Waals surface area contributed by atoms with E-state index in [-0.39, 0.29) is 5.92 Å². The summed E-state index contributed by atoms with van der Waals surface area (Å²) in [5.41, 5.74) is 0.378. The molecule has 1 saturated carbocycles. The first-order valence-corrected chi connectivity index (χ1v) is 7.69. The van der Waals surface area contributed by atoms with E-state index >= 15 is 0 Å². The maximum atomic E-state index is 10.9. The van der Waals surface area contributed by atoms with Crippen molar-refractivity contribution in [1.29, 1.82) is 0 Å². The first-order valence-electron chi connectivity index (χ1n) is 6.89. The lowest BCUT2D eigenvalue weighted by Crippen LogP contribution is -2.44. The average molecular weight is 342 g/mol. The predicted molar refractivity (Wildman–Crippen MR) is 80.4 cm³/mol. The van der Waals surface area contributed by atoms with Gasteiger partial charge in [-0.1, -0.05) is 34.1 Å². The molecule has 1 aromatic carbocycles. The molecule has 5 heteroatoms. The Hall–Kier alpha value is -0.910. The minimum Gasteiger partial charge on any atom is -0.481 e. The molecule has 1 fully saturated rings. The number of benzene rings is 1. The fraction of sp³-hybridized carbons (Fsp3) is 0.533. The van der Waals surface area contributed by atoms with Gasteiger partial charge in [0.1, 0.15) is 0 Å². The van der Waals surface area contributed by atoms with Crippen LogP contribution in [0.1, 0.15) is 31.2 Å². The third-order valence-corrected chi connectivity index (χ3v) is 4.77. The van der Waals surface area contributed by atoms with Crippen molar-refractivity contribution in [2.75, 3.05) is 6.54 Å². The lowest BCUT2D eigenvalue weighted by Gasteiger charge is -2.34. The van der Waals surface area contributed by atoms with Gasteiger partial charge in [-0.05, 0) is 37.3 Å². The van der Waals surface area contributed by atoms with Crippen molar-refractivity contribution < 1.29 is 15.0 Å². The largest absolute Gasteiger partial charge is 0.481 e. The summed E-state index contributed by atoms with van der Waals surface area (Å²) in [7, 11) is 0. The van der Waals surface area contributed by atoms with Gasteiger partial charge in [0.2, 0.25) is 0 Å². The lowest BCUT2D eigenvalue weighted by atomic mass is 9.79. The molecule has 110 valence electrons. The Morgan fingerprint density at radius 1 is 1.35 bits per heavy atom. The van der Waals surface area contributed by atoms with Crippen molar-refractivity contribution in [2.45, 2.75) is 37.8 Å². The Morgan fingerprint density at radius 3 is 2.60 bits per heavy atom. The Kier molecular flexibility index (Phi) is 5.18. The zero-order chi connectivity index (χ0) is 14.6. The van der Waals surface area contributed by atoms with Crippen LogP contribution in [0.25, 0.3) is 0 Å². The van der Waals surface area contributed by atoms with Crippen molar-refractivity contribution in [1.82, 2.24) is 5.32 Å². The number of carbonyl (C=O) groups is 1. The highest BCUT2D eigenvalue weighted by Gasteiger charge is 2.35. The molecule has 2 rings (SSSR count). The molecule has 4 nitrogen and oxygen atoms in total. The minimum atomic E-state index is -0.771. The molecule has 0 radical (unpaired) electrons. The molecule has 1 aliphatic rings. The number of hydrogen-bond donors (Lipinski definition) is 3. The quantitative estimate of drug-likeness (QED) is 0.769. The monoisotopic (exact) mass is 341 g/mol. The van der Waals surface area contributed by atoms with Gasteiger partial charge < -0.3 is 15.5 Å². The van der Waals surface area contributed by atoms with E-state index in [1.54, 1.807) is 0 Å². The van der Waals surface area contributed by atoms with E-state index in [0.717, 1.165) is 10.0 Å². The number of nitrogens with one attached hydrogen (secondary N) is 1. The SMILES string of the molecule is O=C(O)C1CCC(O)(CNCc2ccccc2Br)CC1. The van der Waals surface area contributed by atoms with Crippen LogP contribution in [0.5, 0.6) is 0 Å². The molecule has 0 unspecified atom stereocenters. The lowest BCUT2D eigenvalue weighted by molar-refractivity contribution is -0.144. The number of hydrogen-bond acceptors (Lipinski definition) is 3. The molecule has 3 N–H and O–H groups in total. The highest BCUT2D eigenvalue weighted by Crippen LogP contribution is 2.31. The summed E-state index contributed by atoms with van der Waals surface area (Å²) in [6, 6.07) is 7.97. The summed E-state index contributed by atoms with van der Waals surface area (Å²) in [6.45, 7) is 1.19. The molecule has 0 aliphatic heterocycles. The second-order valence-corrected chi connectivity index (χ2v) is 6.39. The van der Waals surface area contributed by atoms with Gasteiger partial charge in [-0.3, -0.25) is 4.79 Å². The van der Waals surface area contributed by atoms with E-state index < -0.39 is 11.6 Å². The molecule has 0 aromatic heterocycles. The molecule has 0 spiro atoms. The van der Waals surface area contributed by atoms with E-state index in [1.807, 2.05) is 24.3 Å². The second kappa shape index (κ2) is 6.70. The summed E-state index contributed by atoms with van der Waals surface area (Å²) in [5.74, 6) is -1.04. The summed E-state index contributed by atoms with van der Waals surface area (Å²) in [4.78, 5) is 10.9. The van der Waals surface area contributed by atoms with Crippen LogP contribution in [0.3, 0.4) is 0 Å². The van der Waals surface area contributed by atoms with Crippen LogP contribution < -0.4 is 5.32 Å². The molecular weight excluding hydrogens is 322 g/mol. The molecule has 1 aromatic rings. The fourth-order valence-electron chi connectivity index (χ4n) is 2.65. The summed E-state index contributed by atoms with van der Waals surface area (Å²) < 4.78 is 1.05.